The van der Waals surface area contributed by atoms with Gasteiger partial charge in [0.15, 0.2) is 0 Å². The average molecular weight is 272 g/mol. The predicted octanol–water partition coefficient (Wildman–Crippen LogP) is 2.24. The number of alkyl carbamates (subject to hydrolysis) is 1. The fraction of sp³-hybridized carbons (Fsp3) is 0.300. The van der Waals surface area contributed by atoms with Crippen LogP contribution in [0.1, 0.15) is 11.6 Å². The van der Waals surface area contributed by atoms with Gasteiger partial charge in [0, 0.05) is 0 Å². The standard InChI is InChI=1S/C10H10BrNO3/c1-14-8-4-2-3-6(9(8)11)7-5-15-10(13)12-7/h2-4,7H,5H2,1H3,(H,12,13). The molecule has 1 saturated heterocycles. The first-order valence-electron chi connectivity index (χ1n) is 4.48. The van der Waals surface area contributed by atoms with E-state index >= 15 is 0 Å². The van der Waals surface area contributed by atoms with Gasteiger partial charge in [-0.25, -0.2) is 4.79 Å². The summed E-state index contributed by atoms with van der Waals surface area (Å²) in [7, 11) is 1.60. The number of methoxy groups -OCH3 is 1. The molecule has 0 spiro atoms. The summed E-state index contributed by atoms with van der Waals surface area (Å²) < 4.78 is 10.9. The summed E-state index contributed by atoms with van der Waals surface area (Å²) in [6.07, 6.45) is -0.380. The molecule has 2 rings (SSSR count). The molecule has 1 unspecified atom stereocenters. The first-order chi connectivity index (χ1) is 7.22. The van der Waals surface area contributed by atoms with Crippen LogP contribution in [0.4, 0.5) is 4.79 Å². The number of nitrogens with one attached hydrogen (secondary N) is 1. The second-order valence-electron chi connectivity index (χ2n) is 3.16. The number of carbonyl (C=O) groups is 1. The van der Waals surface area contributed by atoms with Gasteiger partial charge >= 0.3 is 6.09 Å². The molecule has 5 heteroatoms. The van der Waals surface area contributed by atoms with Crippen LogP contribution in [0.5, 0.6) is 5.75 Å². The third-order valence-corrected chi connectivity index (χ3v) is 3.11. The smallest absolute Gasteiger partial charge is 0.407 e. The fourth-order valence-electron chi connectivity index (χ4n) is 1.51. The van der Waals surface area contributed by atoms with Gasteiger partial charge < -0.3 is 14.8 Å². The highest BCUT2D eigenvalue weighted by atomic mass is 79.9. The lowest BCUT2D eigenvalue weighted by atomic mass is 10.1. The van der Waals surface area contributed by atoms with Crippen molar-refractivity contribution < 1.29 is 14.3 Å². The maximum atomic E-state index is 10.9. The monoisotopic (exact) mass is 271 g/mol. The number of rotatable bonds is 2. The van der Waals surface area contributed by atoms with E-state index < -0.39 is 0 Å². The maximum Gasteiger partial charge on any atom is 0.407 e. The first kappa shape index (κ1) is 10.3. The van der Waals surface area contributed by atoms with Gasteiger partial charge in [0.05, 0.1) is 17.6 Å². The molecule has 1 aromatic carbocycles. The molecule has 1 amide bonds. The second-order valence-corrected chi connectivity index (χ2v) is 3.95. The molecule has 1 heterocycles. The summed E-state index contributed by atoms with van der Waals surface area (Å²) in [4.78, 5) is 10.9. The van der Waals surface area contributed by atoms with Crippen molar-refractivity contribution in [1.82, 2.24) is 5.32 Å². The highest BCUT2D eigenvalue weighted by Gasteiger charge is 2.26. The molecule has 15 heavy (non-hydrogen) atoms. The Kier molecular flexibility index (Phi) is 2.81. The molecular weight excluding hydrogens is 262 g/mol. The van der Waals surface area contributed by atoms with Crippen molar-refractivity contribution in [2.75, 3.05) is 13.7 Å². The van der Waals surface area contributed by atoms with E-state index in [4.69, 9.17) is 9.47 Å². The Morgan fingerprint density at radius 3 is 3.00 bits per heavy atom. The zero-order chi connectivity index (χ0) is 10.8. The van der Waals surface area contributed by atoms with Gasteiger partial charge in [0.1, 0.15) is 12.4 Å². The third kappa shape index (κ3) is 1.92. The van der Waals surface area contributed by atoms with Crippen molar-refractivity contribution in [3.63, 3.8) is 0 Å². The fourth-order valence-corrected chi connectivity index (χ4v) is 2.21. The highest BCUT2D eigenvalue weighted by Crippen LogP contribution is 2.33. The number of cyclic esters (lactones) is 1. The Bertz CT molecular complexity index is 394. The zero-order valence-electron chi connectivity index (χ0n) is 8.12. The minimum atomic E-state index is -0.380. The van der Waals surface area contributed by atoms with Crippen LogP contribution < -0.4 is 10.1 Å². The Morgan fingerprint density at radius 1 is 1.60 bits per heavy atom. The molecule has 0 aromatic heterocycles. The van der Waals surface area contributed by atoms with Crippen LogP contribution in [0.15, 0.2) is 22.7 Å². The summed E-state index contributed by atoms with van der Waals surface area (Å²) in [6, 6.07) is 5.54. The average Bonchev–Trinajstić information content (AvgIpc) is 2.65. The van der Waals surface area contributed by atoms with Crippen molar-refractivity contribution >= 4 is 22.0 Å². The molecule has 1 aromatic rings. The summed E-state index contributed by atoms with van der Waals surface area (Å²) in [5, 5.41) is 2.72. The van der Waals surface area contributed by atoms with E-state index in [0.29, 0.717) is 6.61 Å². The van der Waals surface area contributed by atoms with Gasteiger partial charge in [0.2, 0.25) is 0 Å². The van der Waals surface area contributed by atoms with Crippen LogP contribution in [0.2, 0.25) is 0 Å². The molecule has 4 nitrogen and oxygen atoms in total. The third-order valence-electron chi connectivity index (χ3n) is 2.26. The number of benzene rings is 1. The Morgan fingerprint density at radius 2 is 2.40 bits per heavy atom. The largest absolute Gasteiger partial charge is 0.496 e. The molecule has 0 bridgehead atoms. The molecule has 1 atom stereocenters. The zero-order valence-corrected chi connectivity index (χ0v) is 9.71. The van der Waals surface area contributed by atoms with Gasteiger partial charge in [-0.3, -0.25) is 0 Å². The molecule has 0 saturated carbocycles. The van der Waals surface area contributed by atoms with Crippen molar-refractivity contribution in [3.05, 3.63) is 28.2 Å². The van der Waals surface area contributed by atoms with Crippen LogP contribution in [-0.2, 0) is 4.74 Å². The van der Waals surface area contributed by atoms with Gasteiger partial charge in [-0.1, -0.05) is 12.1 Å². The predicted molar refractivity (Wildman–Crippen MR) is 57.9 cm³/mol. The molecule has 1 aliphatic heterocycles. The van der Waals surface area contributed by atoms with Crippen LogP contribution in [-0.4, -0.2) is 19.8 Å². The van der Waals surface area contributed by atoms with Gasteiger partial charge in [-0.05, 0) is 27.6 Å². The molecule has 80 valence electrons. The molecule has 1 aliphatic rings. The van der Waals surface area contributed by atoms with E-state index in [1.54, 1.807) is 7.11 Å². The van der Waals surface area contributed by atoms with Crippen molar-refractivity contribution in [2.24, 2.45) is 0 Å². The van der Waals surface area contributed by atoms with E-state index in [1.807, 2.05) is 18.2 Å². The summed E-state index contributed by atoms with van der Waals surface area (Å²) in [5.74, 6) is 0.744. The number of halogens is 1. The van der Waals surface area contributed by atoms with Crippen LogP contribution in [0, 0.1) is 0 Å². The Hall–Kier alpha value is -1.23. The number of carbonyl (C=O) groups excluding carboxylic acids is 1. The minimum Gasteiger partial charge on any atom is -0.496 e. The SMILES string of the molecule is COc1cccc(C2COC(=O)N2)c1Br. The second kappa shape index (κ2) is 4.10. The van der Waals surface area contributed by atoms with E-state index in [9.17, 15) is 4.79 Å². The molecule has 0 radical (unpaired) electrons. The summed E-state index contributed by atoms with van der Waals surface area (Å²) >= 11 is 3.44. The van der Waals surface area contributed by atoms with Gasteiger partial charge in [0.25, 0.3) is 0 Å². The first-order valence-corrected chi connectivity index (χ1v) is 5.27. The van der Waals surface area contributed by atoms with Crippen molar-refractivity contribution in [1.29, 1.82) is 0 Å². The Labute approximate surface area is 95.7 Å². The van der Waals surface area contributed by atoms with Crippen LogP contribution in [0.3, 0.4) is 0 Å². The Balaban J connectivity index is 2.32. The van der Waals surface area contributed by atoms with E-state index in [-0.39, 0.29) is 12.1 Å². The topological polar surface area (TPSA) is 47.6 Å². The number of hydrogen-bond donors (Lipinski definition) is 1. The maximum absolute atomic E-state index is 10.9. The lowest BCUT2D eigenvalue weighted by Gasteiger charge is -2.12. The number of hydrogen-bond acceptors (Lipinski definition) is 3. The lowest BCUT2D eigenvalue weighted by molar-refractivity contribution is 0.177. The summed E-state index contributed by atoms with van der Waals surface area (Å²) in [6.45, 7) is 0.352. The molecule has 0 aliphatic carbocycles. The highest BCUT2D eigenvalue weighted by molar-refractivity contribution is 9.10. The number of ether oxygens (including phenoxy) is 2. The molecule has 1 N–H and O–H groups in total. The normalized spacial score (nSPS) is 19.6. The van der Waals surface area contributed by atoms with E-state index in [2.05, 4.69) is 21.2 Å². The van der Waals surface area contributed by atoms with Crippen LogP contribution in [0.25, 0.3) is 0 Å². The lowest BCUT2D eigenvalue weighted by Crippen LogP contribution is -2.18. The van der Waals surface area contributed by atoms with Crippen molar-refractivity contribution in [2.45, 2.75) is 6.04 Å². The quantitative estimate of drug-likeness (QED) is 0.898. The van der Waals surface area contributed by atoms with Gasteiger partial charge in [-0.15, -0.1) is 0 Å². The van der Waals surface area contributed by atoms with E-state index in [1.165, 1.54) is 0 Å². The number of amides is 1. The van der Waals surface area contributed by atoms with Gasteiger partial charge in [-0.2, -0.15) is 0 Å². The van der Waals surface area contributed by atoms with E-state index in [0.717, 1.165) is 15.8 Å². The molecule has 1 fully saturated rings. The van der Waals surface area contributed by atoms with Crippen molar-refractivity contribution in [3.8, 4) is 5.75 Å². The summed E-state index contributed by atoms with van der Waals surface area (Å²) in [5.41, 5.74) is 0.959. The molecular formula is C10H10BrNO3. The minimum absolute atomic E-state index is 0.109. The van der Waals surface area contributed by atoms with Crippen LogP contribution >= 0.6 is 15.9 Å².